The summed E-state index contributed by atoms with van der Waals surface area (Å²) in [6, 6.07) is 12.6. The van der Waals surface area contributed by atoms with E-state index in [1.165, 1.54) is 35.1 Å². The molecule has 9 heteroatoms. The quantitative estimate of drug-likeness (QED) is 0.478. The van der Waals surface area contributed by atoms with E-state index in [-0.39, 0.29) is 33.2 Å². The lowest BCUT2D eigenvalue weighted by molar-refractivity contribution is 0.631. The van der Waals surface area contributed by atoms with Crippen molar-refractivity contribution < 1.29 is 8.60 Å². The minimum Gasteiger partial charge on any atom is -0.273 e. The van der Waals surface area contributed by atoms with Gasteiger partial charge in [0.05, 0.1) is 37.5 Å². The monoisotopic (exact) mass is 471 g/mol. The number of aromatic nitrogens is 3. The molecule has 0 saturated heterocycles. The first-order valence-electron chi connectivity index (χ1n) is 9.78. The largest absolute Gasteiger partial charge is 0.334 e. The molecule has 32 heavy (non-hydrogen) atoms. The van der Waals surface area contributed by atoms with Crippen molar-refractivity contribution in [2.75, 3.05) is 6.26 Å². The zero-order chi connectivity index (χ0) is 23.2. The van der Waals surface area contributed by atoms with Crippen LogP contribution < -0.4 is 11.2 Å². The van der Waals surface area contributed by atoms with E-state index in [1.807, 2.05) is 19.9 Å². The maximum absolute atomic E-state index is 14.5. The van der Waals surface area contributed by atoms with Crippen LogP contribution in [0.5, 0.6) is 0 Å². The van der Waals surface area contributed by atoms with Crippen LogP contribution in [0.15, 0.2) is 63.0 Å². The Morgan fingerprint density at radius 2 is 1.84 bits per heavy atom. The Balaban J connectivity index is 2.21. The molecule has 0 saturated carbocycles. The molecule has 2 heterocycles. The number of para-hydroxylation sites is 1. The van der Waals surface area contributed by atoms with Gasteiger partial charge < -0.3 is 0 Å². The first kappa shape index (κ1) is 22.1. The van der Waals surface area contributed by atoms with Crippen molar-refractivity contribution in [2.24, 2.45) is 0 Å². The van der Waals surface area contributed by atoms with Crippen LogP contribution in [0.1, 0.15) is 25.3 Å². The zero-order valence-electron chi connectivity index (χ0n) is 17.5. The second-order valence-electron chi connectivity index (χ2n) is 7.57. The number of benzene rings is 2. The fraction of sp³-hybridized carbons (Fsp3) is 0.174. The molecule has 1 atom stereocenters. The molecule has 2 aromatic heterocycles. The summed E-state index contributed by atoms with van der Waals surface area (Å²) in [5, 5.41) is 0.121. The number of nitrogens with zero attached hydrogens (tertiary/aromatic N) is 2. The Labute approximate surface area is 190 Å². The van der Waals surface area contributed by atoms with Crippen LogP contribution in [0.3, 0.4) is 0 Å². The van der Waals surface area contributed by atoms with Crippen molar-refractivity contribution in [3.8, 4) is 16.9 Å². The van der Waals surface area contributed by atoms with Gasteiger partial charge in [-0.25, -0.2) is 18.7 Å². The Morgan fingerprint density at radius 3 is 2.50 bits per heavy atom. The van der Waals surface area contributed by atoms with E-state index in [9.17, 15) is 18.2 Å². The highest BCUT2D eigenvalue weighted by atomic mass is 35.5. The number of nitrogens with one attached hydrogen (secondary N) is 1. The summed E-state index contributed by atoms with van der Waals surface area (Å²) < 4.78 is 28.3. The van der Waals surface area contributed by atoms with Crippen LogP contribution in [-0.2, 0) is 10.8 Å². The van der Waals surface area contributed by atoms with E-state index in [1.54, 1.807) is 18.2 Å². The van der Waals surface area contributed by atoms with Gasteiger partial charge in [-0.2, -0.15) is 0 Å². The van der Waals surface area contributed by atoms with Gasteiger partial charge >= 0.3 is 5.69 Å². The average Bonchev–Trinajstić information content (AvgIpc) is 2.74. The van der Waals surface area contributed by atoms with E-state index < -0.39 is 27.9 Å². The lowest BCUT2D eigenvalue weighted by atomic mass is 10.0. The molecule has 0 fully saturated rings. The number of halogens is 2. The van der Waals surface area contributed by atoms with Crippen molar-refractivity contribution in [3.05, 3.63) is 85.8 Å². The highest BCUT2D eigenvalue weighted by Crippen LogP contribution is 2.32. The predicted molar refractivity (Wildman–Crippen MR) is 125 cm³/mol. The van der Waals surface area contributed by atoms with Gasteiger partial charge in [0.1, 0.15) is 5.82 Å². The molecule has 0 radical (unpaired) electrons. The van der Waals surface area contributed by atoms with Crippen molar-refractivity contribution in [3.63, 3.8) is 0 Å². The molecule has 0 aliphatic rings. The van der Waals surface area contributed by atoms with Crippen molar-refractivity contribution >= 4 is 33.4 Å². The highest BCUT2D eigenvalue weighted by Gasteiger charge is 2.22. The zero-order valence-corrected chi connectivity index (χ0v) is 19.1. The molecule has 6 nitrogen and oxygen atoms in total. The first-order chi connectivity index (χ1) is 15.2. The number of aromatic amines is 1. The lowest BCUT2D eigenvalue weighted by Gasteiger charge is -2.19. The normalized spacial score (nSPS) is 12.4. The van der Waals surface area contributed by atoms with Crippen LogP contribution >= 0.6 is 11.6 Å². The molecule has 2 aromatic carbocycles. The molecule has 0 bridgehead atoms. The van der Waals surface area contributed by atoms with Gasteiger partial charge in [0.25, 0.3) is 5.56 Å². The van der Waals surface area contributed by atoms with Crippen LogP contribution in [-0.4, -0.2) is 25.0 Å². The highest BCUT2D eigenvalue weighted by molar-refractivity contribution is 7.84. The maximum atomic E-state index is 14.5. The summed E-state index contributed by atoms with van der Waals surface area (Å²) in [4.78, 5) is 32.8. The third-order valence-electron chi connectivity index (χ3n) is 5.15. The summed E-state index contributed by atoms with van der Waals surface area (Å²) in [7, 11) is -1.44. The molecule has 1 unspecified atom stereocenters. The fourth-order valence-corrected chi connectivity index (χ4v) is 4.66. The Kier molecular flexibility index (Phi) is 5.83. The summed E-state index contributed by atoms with van der Waals surface area (Å²) in [6.45, 7) is 3.88. The van der Waals surface area contributed by atoms with Gasteiger partial charge in [-0.15, -0.1) is 0 Å². The summed E-state index contributed by atoms with van der Waals surface area (Å²) in [5.41, 5.74) is -0.0525. The molecular formula is C23H19ClFN3O3S. The second kappa shape index (κ2) is 8.44. The number of hydrogen-bond donors (Lipinski definition) is 1. The minimum absolute atomic E-state index is 0.00111. The van der Waals surface area contributed by atoms with Crippen LogP contribution in [0.4, 0.5) is 4.39 Å². The third-order valence-corrected chi connectivity index (χ3v) is 6.39. The summed E-state index contributed by atoms with van der Waals surface area (Å²) >= 11 is 6.37. The Bertz CT molecular complexity index is 1510. The molecule has 164 valence electrons. The van der Waals surface area contributed by atoms with Crippen LogP contribution in [0, 0.1) is 5.82 Å². The van der Waals surface area contributed by atoms with Gasteiger partial charge in [0.15, 0.2) is 5.65 Å². The number of H-pyrrole nitrogens is 1. The van der Waals surface area contributed by atoms with Crippen LogP contribution in [0.25, 0.3) is 28.0 Å². The maximum Gasteiger partial charge on any atom is 0.334 e. The molecule has 0 aliphatic carbocycles. The Hall–Kier alpha value is -3.10. The van der Waals surface area contributed by atoms with Gasteiger partial charge in [-0.05, 0) is 35.7 Å². The number of pyridine rings is 1. The van der Waals surface area contributed by atoms with E-state index in [2.05, 4.69) is 9.97 Å². The van der Waals surface area contributed by atoms with Gasteiger partial charge in [-0.1, -0.05) is 49.7 Å². The van der Waals surface area contributed by atoms with Crippen LogP contribution in [0.2, 0.25) is 5.02 Å². The topological polar surface area (TPSA) is 84.8 Å². The van der Waals surface area contributed by atoms with Gasteiger partial charge in [-0.3, -0.25) is 14.0 Å². The van der Waals surface area contributed by atoms with Crippen molar-refractivity contribution in [2.45, 2.75) is 24.7 Å². The second-order valence-corrected chi connectivity index (χ2v) is 9.32. The Morgan fingerprint density at radius 1 is 1.12 bits per heavy atom. The SMILES string of the molecule is CC(C)c1cccc(S(C)=O)c1-n1c(=O)[nH]c(=O)c2cc(Cl)c(-c3ccccc3F)nc21. The van der Waals surface area contributed by atoms with E-state index in [0.717, 1.165) is 5.56 Å². The molecule has 0 amide bonds. The van der Waals surface area contributed by atoms with E-state index in [4.69, 9.17) is 11.6 Å². The predicted octanol–water partition coefficient (Wildman–Crippen LogP) is 4.39. The third kappa shape index (κ3) is 3.69. The molecule has 1 N–H and O–H groups in total. The van der Waals surface area contributed by atoms with Crippen molar-refractivity contribution in [1.29, 1.82) is 0 Å². The number of rotatable bonds is 4. The average molecular weight is 472 g/mol. The standard InChI is InChI=1S/C23H19ClFN3O3S/c1-12(2)13-8-6-10-18(32(3)31)20(13)28-21-15(22(29)27-23(28)30)11-16(24)19(26-21)14-7-4-5-9-17(14)25/h4-12H,1-3H3,(H,27,29,30). The van der Waals surface area contributed by atoms with Gasteiger partial charge in [0.2, 0.25) is 0 Å². The molecule has 0 spiro atoms. The lowest BCUT2D eigenvalue weighted by Crippen LogP contribution is -2.31. The fourth-order valence-electron chi connectivity index (χ4n) is 3.66. The molecule has 4 aromatic rings. The minimum atomic E-state index is -1.44. The van der Waals surface area contributed by atoms with Crippen molar-refractivity contribution in [1.82, 2.24) is 14.5 Å². The molecular weight excluding hydrogens is 453 g/mol. The number of fused-ring (bicyclic) bond motifs is 1. The van der Waals surface area contributed by atoms with Gasteiger partial charge in [0, 0.05) is 11.8 Å². The summed E-state index contributed by atoms with van der Waals surface area (Å²) in [5.74, 6) is -0.571. The smallest absolute Gasteiger partial charge is 0.273 e. The molecule has 0 aliphatic heterocycles. The number of hydrogen-bond acceptors (Lipinski definition) is 4. The van der Waals surface area contributed by atoms with E-state index >= 15 is 0 Å². The molecule has 4 rings (SSSR count). The first-order valence-corrected chi connectivity index (χ1v) is 11.7. The summed E-state index contributed by atoms with van der Waals surface area (Å²) in [6.07, 6.45) is 1.51. The van der Waals surface area contributed by atoms with E-state index in [0.29, 0.717) is 10.6 Å².